The lowest BCUT2D eigenvalue weighted by molar-refractivity contribution is -0.192. The van der Waals surface area contributed by atoms with E-state index in [1.165, 1.54) is 4.57 Å². The third-order valence-electron chi connectivity index (χ3n) is 14.6. The Kier molecular flexibility index (Phi) is 17.4. The van der Waals surface area contributed by atoms with Crippen LogP contribution in [0.5, 0.6) is 0 Å². The van der Waals surface area contributed by atoms with Gasteiger partial charge >= 0.3 is 17.8 Å². The van der Waals surface area contributed by atoms with Crippen molar-refractivity contribution >= 4 is 58.4 Å². The van der Waals surface area contributed by atoms with Gasteiger partial charge in [0.2, 0.25) is 41.4 Å². The summed E-state index contributed by atoms with van der Waals surface area (Å²) in [5, 5.41) is 15.4. The van der Waals surface area contributed by atoms with Crippen molar-refractivity contribution in [1.82, 2.24) is 34.9 Å². The molecule has 4 fully saturated rings. The van der Waals surface area contributed by atoms with Gasteiger partial charge < -0.3 is 37.0 Å². The Morgan fingerprint density at radius 2 is 1.43 bits per heavy atom. The van der Waals surface area contributed by atoms with E-state index in [0.717, 1.165) is 54.3 Å². The number of rotatable bonds is 14. The fraction of sp³-hybridized carbons (Fsp3) is 0.481. The molecule has 1 aliphatic carbocycles. The van der Waals surface area contributed by atoms with Gasteiger partial charge in [-0.1, -0.05) is 66.7 Å². The van der Waals surface area contributed by atoms with Gasteiger partial charge in [-0.15, -0.1) is 0 Å². The largest absolute Gasteiger partial charge is 0.490 e. The molecule has 22 heteroatoms. The van der Waals surface area contributed by atoms with E-state index in [1.54, 1.807) is 21.4 Å². The van der Waals surface area contributed by atoms with Crippen LogP contribution in [-0.4, -0.2) is 115 Å². The number of nitrogens with zero attached hydrogens (tertiary/aromatic N) is 4. The van der Waals surface area contributed by atoms with Crippen LogP contribution in [0.3, 0.4) is 0 Å². The maximum atomic E-state index is 14.1. The third-order valence-corrected chi connectivity index (χ3v) is 14.6. The van der Waals surface area contributed by atoms with Crippen LogP contribution in [0.25, 0.3) is 11.0 Å². The lowest BCUT2D eigenvalue weighted by Crippen LogP contribution is -2.60. The number of nitrogens with two attached hydrogens (primary N) is 2. The number of hydrogen-bond donors (Lipinski definition) is 6. The number of imide groups is 1. The maximum Gasteiger partial charge on any atom is 0.490 e. The lowest BCUT2D eigenvalue weighted by atomic mass is 9.78. The fourth-order valence-corrected chi connectivity index (χ4v) is 10.7. The monoisotopic (exact) mass is 1030 g/mol. The van der Waals surface area contributed by atoms with Gasteiger partial charge in [-0.2, -0.15) is 13.2 Å². The van der Waals surface area contributed by atoms with Crippen LogP contribution in [0.4, 0.5) is 13.2 Å². The molecule has 1 aromatic heterocycles. The van der Waals surface area contributed by atoms with E-state index in [1.807, 2.05) is 78.9 Å². The minimum absolute atomic E-state index is 0.0319. The van der Waals surface area contributed by atoms with Gasteiger partial charge in [0, 0.05) is 45.4 Å². The number of primary amides is 1. The van der Waals surface area contributed by atoms with Crippen LogP contribution >= 0.6 is 0 Å². The van der Waals surface area contributed by atoms with Crippen LogP contribution in [0.2, 0.25) is 0 Å². The number of carboxylic acid groups (broad SMARTS) is 1. The first-order valence-electron chi connectivity index (χ1n) is 24.9. The van der Waals surface area contributed by atoms with Crippen LogP contribution in [0.1, 0.15) is 106 Å². The molecule has 0 bridgehead atoms. The molecule has 4 aromatic rings. The van der Waals surface area contributed by atoms with Gasteiger partial charge in [0.15, 0.2) is 0 Å². The molecule has 3 aromatic carbocycles. The summed E-state index contributed by atoms with van der Waals surface area (Å²) in [6.45, 7) is 0.426. The summed E-state index contributed by atoms with van der Waals surface area (Å²) in [6.07, 6.45) is 1.39. The molecule has 3 saturated heterocycles. The highest BCUT2D eigenvalue weighted by Crippen LogP contribution is 2.35. The van der Waals surface area contributed by atoms with Crippen LogP contribution < -0.4 is 33.1 Å². The molecule has 7 amide bonds. The van der Waals surface area contributed by atoms with Crippen LogP contribution in [0, 0.1) is 11.8 Å². The van der Waals surface area contributed by atoms with Crippen molar-refractivity contribution in [2.75, 3.05) is 13.1 Å². The molecule has 4 aliphatic rings. The predicted octanol–water partition coefficient (Wildman–Crippen LogP) is 3.27. The van der Waals surface area contributed by atoms with Gasteiger partial charge in [-0.3, -0.25) is 48.0 Å². The molecule has 396 valence electrons. The number of aliphatic carboxylic acids is 1. The maximum absolute atomic E-state index is 14.1. The second kappa shape index (κ2) is 23.7. The standard InChI is InChI=1S/C50H61N9O8.C2HF3O2/c1-56-41-27-32(16-19-38(41)59(50(56)67)40-21-23-43(61)54-48(40)65)26-30-12-14-31(15-13-30)28-44(62)57-25-24-35-17-20-39(58(35)49(66)36(51)29-57)47(64)53-37(18-22-42(52)60)46(63)55-45(33-8-4-2-5-9-33)34-10-6-3-7-11-34;3-2(4,5)1(6)7/h2-11,16,19,27,30-31,35-37,39-40,45H,12-15,17-18,20-26,28-29,51H2,1H3,(H2,52,60)(H,53,64)(H,55,63)(H,54,61,65);(H,6,7)/t30?,31?,35-,36+,37+,39+,40?;/m1./s1. The summed E-state index contributed by atoms with van der Waals surface area (Å²) in [5.41, 5.74) is 15.9. The second-order valence-corrected chi connectivity index (χ2v) is 19.7. The van der Waals surface area contributed by atoms with E-state index in [9.17, 15) is 51.5 Å². The van der Waals surface area contributed by atoms with Crippen molar-refractivity contribution in [2.45, 2.75) is 126 Å². The zero-order valence-corrected chi connectivity index (χ0v) is 40.9. The highest BCUT2D eigenvalue weighted by atomic mass is 19.4. The molecule has 0 spiro atoms. The van der Waals surface area contributed by atoms with E-state index in [2.05, 4.69) is 16.0 Å². The molecular formula is C52H62F3N9O10. The van der Waals surface area contributed by atoms with Gasteiger partial charge in [-0.25, -0.2) is 9.59 Å². The Balaban J connectivity index is 0.00000107. The van der Waals surface area contributed by atoms with Crippen molar-refractivity contribution in [3.8, 4) is 0 Å². The molecular weight excluding hydrogens is 968 g/mol. The number of carbonyl (C=O) groups excluding carboxylic acids is 7. The van der Waals surface area contributed by atoms with Crippen molar-refractivity contribution in [3.63, 3.8) is 0 Å². The summed E-state index contributed by atoms with van der Waals surface area (Å²) in [4.78, 5) is 118. The minimum Gasteiger partial charge on any atom is -0.475 e. The number of aryl methyl sites for hydroxylation is 1. The number of carbonyl (C=O) groups is 8. The van der Waals surface area contributed by atoms with Gasteiger partial charge in [0.25, 0.3) is 0 Å². The Bertz CT molecular complexity index is 2760. The SMILES string of the molecule is Cn1c(=O)n(C2CCC(=O)NC2=O)c2ccc(CC3CCC(CC(=O)N4CC[C@H]5CC[C@@H](C(=O)N[C@@H](CCC(N)=O)C(=O)NC(c6ccccc6)c6ccccc6)N5C(=O)[C@@H](N)C4)CC3)cc21.O=C(O)C(F)(F)F. The number of aromatic nitrogens is 2. The Morgan fingerprint density at radius 3 is 2.03 bits per heavy atom. The number of fused-ring (bicyclic) bond motifs is 2. The van der Waals surface area contributed by atoms with Crippen molar-refractivity contribution in [1.29, 1.82) is 0 Å². The number of amides is 7. The molecule has 1 saturated carbocycles. The first-order chi connectivity index (χ1) is 35.2. The predicted molar refractivity (Wildman–Crippen MR) is 262 cm³/mol. The highest BCUT2D eigenvalue weighted by molar-refractivity contribution is 6.00. The molecule has 8 N–H and O–H groups in total. The Morgan fingerprint density at radius 1 is 0.811 bits per heavy atom. The molecule has 3 aliphatic heterocycles. The highest BCUT2D eigenvalue weighted by Gasteiger charge is 2.45. The van der Waals surface area contributed by atoms with E-state index < -0.39 is 71.9 Å². The number of carboxylic acids is 1. The van der Waals surface area contributed by atoms with E-state index in [4.69, 9.17) is 21.4 Å². The summed E-state index contributed by atoms with van der Waals surface area (Å²) in [6, 6.07) is 20.1. The smallest absolute Gasteiger partial charge is 0.475 e. The first kappa shape index (κ1) is 54.4. The number of halogens is 3. The summed E-state index contributed by atoms with van der Waals surface area (Å²) in [5.74, 6) is -5.03. The minimum atomic E-state index is -5.08. The number of nitrogens with one attached hydrogen (secondary N) is 3. The van der Waals surface area contributed by atoms with Gasteiger partial charge in [-0.05, 0) is 105 Å². The number of piperidine rings is 1. The van der Waals surface area contributed by atoms with Gasteiger partial charge in [0.1, 0.15) is 24.2 Å². The quantitative estimate of drug-likeness (QED) is 0.0998. The van der Waals surface area contributed by atoms with Crippen molar-refractivity contribution in [2.24, 2.45) is 30.4 Å². The molecule has 4 heterocycles. The van der Waals surface area contributed by atoms with Crippen LogP contribution in [-0.2, 0) is 51.8 Å². The topological polar surface area (TPSA) is 278 Å². The molecule has 0 radical (unpaired) electrons. The summed E-state index contributed by atoms with van der Waals surface area (Å²) < 4.78 is 34.8. The third kappa shape index (κ3) is 13.0. The van der Waals surface area contributed by atoms with E-state index in [0.29, 0.717) is 43.7 Å². The number of benzene rings is 3. The molecule has 1 unspecified atom stereocenters. The average Bonchev–Trinajstić information content (AvgIpc) is 3.90. The van der Waals surface area contributed by atoms with Crippen LogP contribution in [0.15, 0.2) is 83.7 Å². The van der Waals surface area contributed by atoms with Crippen molar-refractivity contribution in [3.05, 3.63) is 106 Å². The number of imidazole rings is 1. The van der Waals surface area contributed by atoms with Crippen molar-refractivity contribution < 1.29 is 56.6 Å². The first-order valence-corrected chi connectivity index (χ1v) is 24.9. The lowest BCUT2D eigenvalue weighted by Gasteiger charge is -2.38. The normalized spacial score (nSPS) is 22.6. The number of hydrogen-bond acceptors (Lipinski definition) is 10. The molecule has 74 heavy (non-hydrogen) atoms. The summed E-state index contributed by atoms with van der Waals surface area (Å²) in [7, 11) is 1.69. The average molecular weight is 1030 g/mol. The molecule has 19 nitrogen and oxygen atoms in total. The Labute approximate surface area is 424 Å². The zero-order valence-electron chi connectivity index (χ0n) is 40.9. The van der Waals surface area contributed by atoms with E-state index >= 15 is 0 Å². The van der Waals surface area contributed by atoms with Gasteiger partial charge in [0.05, 0.1) is 17.1 Å². The molecule has 5 atom stereocenters. The zero-order chi connectivity index (χ0) is 53.4. The Hall–Kier alpha value is -7.36. The molecule has 8 rings (SSSR count). The van der Waals surface area contributed by atoms with E-state index in [-0.39, 0.29) is 61.7 Å². The number of alkyl halides is 3. The fourth-order valence-electron chi connectivity index (χ4n) is 10.7. The summed E-state index contributed by atoms with van der Waals surface area (Å²) >= 11 is 0. The second-order valence-electron chi connectivity index (χ2n) is 19.7.